The van der Waals surface area contributed by atoms with Gasteiger partial charge in [0.05, 0.1) is 18.0 Å². The predicted octanol–water partition coefficient (Wildman–Crippen LogP) is 2.45. The average molecular weight is 291 g/mol. The molecule has 1 aromatic rings. The molecule has 0 aliphatic heterocycles. The van der Waals surface area contributed by atoms with E-state index in [-0.39, 0.29) is 23.5 Å². The number of pyridine rings is 1. The molecule has 1 saturated carbocycles. The summed E-state index contributed by atoms with van der Waals surface area (Å²) in [6.45, 7) is 9.82. The molecule has 1 amide bonds. The summed E-state index contributed by atoms with van der Waals surface area (Å²) in [7, 11) is 0. The minimum atomic E-state index is -0.119. The van der Waals surface area contributed by atoms with Gasteiger partial charge in [0.25, 0.3) is 5.91 Å². The first-order chi connectivity index (χ1) is 9.98. The lowest BCUT2D eigenvalue weighted by Gasteiger charge is -2.51. The maximum Gasteiger partial charge on any atom is 0.270 e. The molecule has 1 aliphatic rings. The Bertz CT molecular complexity index is 485. The van der Waals surface area contributed by atoms with Gasteiger partial charge in [0.1, 0.15) is 5.69 Å². The molecule has 21 heavy (non-hydrogen) atoms. The molecule has 0 aromatic carbocycles. The Morgan fingerprint density at radius 1 is 1.43 bits per heavy atom. The first kappa shape index (κ1) is 15.8. The highest BCUT2D eigenvalue weighted by atomic mass is 16.5. The number of nitrogens with one attached hydrogen (secondary N) is 2. The van der Waals surface area contributed by atoms with Crippen LogP contribution >= 0.6 is 0 Å². The van der Waals surface area contributed by atoms with E-state index in [4.69, 9.17) is 4.74 Å². The number of aromatic nitrogens is 1. The van der Waals surface area contributed by atoms with Crippen molar-refractivity contribution >= 4 is 11.6 Å². The van der Waals surface area contributed by atoms with E-state index in [9.17, 15) is 4.79 Å². The van der Waals surface area contributed by atoms with Crippen LogP contribution in [0.15, 0.2) is 18.3 Å². The van der Waals surface area contributed by atoms with Crippen molar-refractivity contribution in [2.75, 3.05) is 18.5 Å². The van der Waals surface area contributed by atoms with Gasteiger partial charge in [-0.05, 0) is 32.4 Å². The van der Waals surface area contributed by atoms with Crippen LogP contribution in [-0.2, 0) is 4.74 Å². The summed E-state index contributed by atoms with van der Waals surface area (Å²) in [6, 6.07) is 3.76. The van der Waals surface area contributed by atoms with Crippen LogP contribution in [0.1, 0.15) is 44.6 Å². The van der Waals surface area contributed by atoms with E-state index < -0.39 is 0 Å². The molecular formula is C16H25N3O2. The third-order valence-electron chi connectivity index (χ3n) is 4.23. The van der Waals surface area contributed by atoms with Crippen molar-refractivity contribution in [1.29, 1.82) is 0 Å². The van der Waals surface area contributed by atoms with Crippen molar-refractivity contribution in [3.63, 3.8) is 0 Å². The summed E-state index contributed by atoms with van der Waals surface area (Å²) < 4.78 is 5.68. The highest BCUT2D eigenvalue weighted by Crippen LogP contribution is 2.42. The van der Waals surface area contributed by atoms with E-state index in [0.717, 1.165) is 18.7 Å². The molecule has 2 atom stereocenters. The van der Waals surface area contributed by atoms with E-state index >= 15 is 0 Å². The fraction of sp³-hybridized carbons (Fsp3) is 0.625. The van der Waals surface area contributed by atoms with Crippen LogP contribution in [0, 0.1) is 5.41 Å². The van der Waals surface area contributed by atoms with Gasteiger partial charge in [-0.15, -0.1) is 0 Å². The molecule has 1 fully saturated rings. The van der Waals surface area contributed by atoms with Gasteiger partial charge in [-0.3, -0.25) is 4.79 Å². The van der Waals surface area contributed by atoms with E-state index in [1.54, 1.807) is 12.3 Å². The number of anilines is 1. The monoisotopic (exact) mass is 291 g/mol. The number of nitrogens with zero attached hydrogens (tertiary/aromatic N) is 1. The van der Waals surface area contributed by atoms with Crippen LogP contribution in [0.4, 0.5) is 5.69 Å². The minimum absolute atomic E-state index is 0.0324. The fourth-order valence-corrected chi connectivity index (χ4v) is 2.68. The maximum absolute atomic E-state index is 12.2. The van der Waals surface area contributed by atoms with Crippen LogP contribution in [0.3, 0.4) is 0 Å². The van der Waals surface area contributed by atoms with E-state index in [1.807, 2.05) is 19.9 Å². The zero-order valence-electron chi connectivity index (χ0n) is 13.3. The number of rotatable bonds is 6. The Labute approximate surface area is 126 Å². The maximum atomic E-state index is 12.2. The summed E-state index contributed by atoms with van der Waals surface area (Å²) in [4.78, 5) is 16.4. The lowest BCUT2D eigenvalue weighted by molar-refractivity contribution is -0.111. The van der Waals surface area contributed by atoms with Crippen molar-refractivity contribution < 1.29 is 9.53 Å². The van der Waals surface area contributed by atoms with Gasteiger partial charge < -0.3 is 15.4 Å². The van der Waals surface area contributed by atoms with Crippen LogP contribution in [0.2, 0.25) is 0 Å². The molecule has 0 saturated heterocycles. The minimum Gasteiger partial charge on any atom is -0.384 e. The van der Waals surface area contributed by atoms with E-state index in [2.05, 4.69) is 29.5 Å². The number of carbonyl (C=O) groups is 1. The molecule has 5 heteroatoms. The number of hydrogen-bond acceptors (Lipinski definition) is 4. The van der Waals surface area contributed by atoms with Crippen molar-refractivity contribution in [2.24, 2.45) is 5.41 Å². The number of amides is 1. The molecular weight excluding hydrogens is 266 g/mol. The number of hydrogen-bond donors (Lipinski definition) is 2. The molecule has 116 valence electrons. The van der Waals surface area contributed by atoms with Gasteiger partial charge in [0.2, 0.25) is 0 Å². The van der Waals surface area contributed by atoms with Crippen LogP contribution in [0.25, 0.3) is 0 Å². The first-order valence-electron chi connectivity index (χ1n) is 7.61. The second-order valence-electron chi connectivity index (χ2n) is 5.99. The van der Waals surface area contributed by atoms with E-state index in [0.29, 0.717) is 12.3 Å². The molecule has 1 heterocycles. The Morgan fingerprint density at radius 3 is 2.71 bits per heavy atom. The first-order valence-corrected chi connectivity index (χ1v) is 7.61. The summed E-state index contributed by atoms with van der Waals surface area (Å²) >= 11 is 0. The molecule has 2 N–H and O–H groups in total. The largest absolute Gasteiger partial charge is 0.384 e. The summed E-state index contributed by atoms with van der Waals surface area (Å²) in [6.07, 6.45) is 2.77. The Balaban J connectivity index is 1.93. The molecule has 0 bridgehead atoms. The average Bonchev–Trinajstić information content (AvgIpc) is 2.47. The summed E-state index contributed by atoms with van der Waals surface area (Å²) in [5.41, 5.74) is 1.34. The van der Waals surface area contributed by atoms with E-state index in [1.165, 1.54) is 0 Å². The lowest BCUT2D eigenvalue weighted by Crippen LogP contribution is -2.62. The third kappa shape index (κ3) is 3.35. The van der Waals surface area contributed by atoms with Crippen molar-refractivity contribution in [3.8, 4) is 0 Å². The molecule has 1 aromatic heterocycles. The summed E-state index contributed by atoms with van der Waals surface area (Å²) in [5, 5.41) is 6.22. The summed E-state index contributed by atoms with van der Waals surface area (Å²) in [5.74, 6) is -0.119. The third-order valence-corrected chi connectivity index (χ3v) is 4.23. The quantitative estimate of drug-likeness (QED) is 0.845. The highest BCUT2D eigenvalue weighted by Gasteiger charge is 2.49. The Kier molecular flexibility index (Phi) is 4.83. The second kappa shape index (κ2) is 6.43. The predicted molar refractivity (Wildman–Crippen MR) is 83.5 cm³/mol. The number of ether oxygens (including phenoxy) is 1. The van der Waals surface area contributed by atoms with Crippen LogP contribution < -0.4 is 10.6 Å². The zero-order valence-corrected chi connectivity index (χ0v) is 13.3. The van der Waals surface area contributed by atoms with Gasteiger partial charge in [-0.2, -0.15) is 0 Å². The standard InChI is InChI=1S/C16H25N3O2/c1-5-17-11-7-8-12(18-10-11)15(20)19-13-9-14(21-6-2)16(13,3)4/h7-8,10,13-14,17H,5-6,9H2,1-4H3,(H,19,20). The number of carbonyl (C=O) groups excluding carboxylic acids is 1. The van der Waals surface area contributed by atoms with Gasteiger partial charge in [0, 0.05) is 24.6 Å². The van der Waals surface area contributed by atoms with Gasteiger partial charge in [-0.1, -0.05) is 13.8 Å². The molecule has 1 aliphatic carbocycles. The molecule has 2 unspecified atom stereocenters. The second-order valence-corrected chi connectivity index (χ2v) is 5.99. The van der Waals surface area contributed by atoms with Gasteiger partial charge in [0.15, 0.2) is 0 Å². The van der Waals surface area contributed by atoms with Crippen LogP contribution in [0.5, 0.6) is 0 Å². The van der Waals surface area contributed by atoms with Gasteiger partial charge in [-0.25, -0.2) is 4.98 Å². The molecule has 5 nitrogen and oxygen atoms in total. The molecule has 0 spiro atoms. The SMILES string of the molecule is CCNc1ccc(C(=O)NC2CC(OCC)C2(C)C)nc1. The van der Waals surface area contributed by atoms with Crippen molar-refractivity contribution in [1.82, 2.24) is 10.3 Å². The van der Waals surface area contributed by atoms with Crippen molar-refractivity contribution in [2.45, 2.75) is 46.3 Å². The lowest BCUT2D eigenvalue weighted by atomic mass is 9.64. The smallest absolute Gasteiger partial charge is 0.270 e. The Morgan fingerprint density at radius 2 is 2.19 bits per heavy atom. The molecule has 0 radical (unpaired) electrons. The normalized spacial score (nSPS) is 23.2. The van der Waals surface area contributed by atoms with Crippen LogP contribution in [-0.4, -0.2) is 36.2 Å². The van der Waals surface area contributed by atoms with Gasteiger partial charge >= 0.3 is 0 Å². The fourth-order valence-electron chi connectivity index (χ4n) is 2.68. The molecule has 2 rings (SSSR count). The topological polar surface area (TPSA) is 63.2 Å². The highest BCUT2D eigenvalue weighted by molar-refractivity contribution is 5.92. The zero-order chi connectivity index (χ0) is 15.5. The van der Waals surface area contributed by atoms with Crippen molar-refractivity contribution in [3.05, 3.63) is 24.0 Å². The Hall–Kier alpha value is -1.62.